The first kappa shape index (κ1) is 26.3. The molecule has 1 fully saturated rings. The molecule has 0 spiro atoms. The highest BCUT2D eigenvalue weighted by Crippen LogP contribution is 2.35. The van der Waals surface area contributed by atoms with Gasteiger partial charge in [-0.15, -0.1) is 11.3 Å². The van der Waals surface area contributed by atoms with Gasteiger partial charge in [-0.25, -0.2) is 14.4 Å². The molecule has 1 aromatic carbocycles. The molecule has 1 unspecified atom stereocenters. The number of carbonyl (C=O) groups excluding carboxylic acids is 1. The van der Waals surface area contributed by atoms with Crippen molar-refractivity contribution in [1.29, 1.82) is 0 Å². The molecule has 0 aliphatic carbocycles. The van der Waals surface area contributed by atoms with Crippen LogP contribution in [0.3, 0.4) is 0 Å². The number of aryl methyl sites for hydroxylation is 1. The highest BCUT2D eigenvalue weighted by Gasteiger charge is 2.30. The summed E-state index contributed by atoms with van der Waals surface area (Å²) in [5, 5.41) is 5.53. The Morgan fingerprint density at radius 2 is 1.95 bits per heavy atom. The number of imidazole rings is 1. The summed E-state index contributed by atoms with van der Waals surface area (Å²) in [4.78, 5) is 26.1. The van der Waals surface area contributed by atoms with Gasteiger partial charge in [0.1, 0.15) is 17.3 Å². The number of fused-ring (bicyclic) bond motifs is 1. The maximum absolute atomic E-state index is 13.4. The predicted molar refractivity (Wildman–Crippen MR) is 149 cm³/mol. The van der Waals surface area contributed by atoms with E-state index in [0.717, 1.165) is 65.9 Å². The van der Waals surface area contributed by atoms with E-state index in [0.29, 0.717) is 5.92 Å². The lowest BCUT2D eigenvalue weighted by atomic mass is 9.90. The number of thiazole rings is 1. The van der Waals surface area contributed by atoms with Gasteiger partial charge in [-0.2, -0.15) is 0 Å². The number of likely N-dealkylation sites (N-methyl/N-ethyl adjacent to an activating group) is 1. The van der Waals surface area contributed by atoms with Gasteiger partial charge in [0.15, 0.2) is 11.4 Å². The Morgan fingerprint density at radius 3 is 2.61 bits per heavy atom. The van der Waals surface area contributed by atoms with Gasteiger partial charge >= 0.3 is 0 Å². The summed E-state index contributed by atoms with van der Waals surface area (Å²) in [5.41, 5.74) is 4.87. The molecule has 200 valence electrons. The van der Waals surface area contributed by atoms with Gasteiger partial charge in [-0.05, 0) is 61.1 Å². The van der Waals surface area contributed by atoms with E-state index >= 15 is 0 Å². The van der Waals surface area contributed by atoms with Crippen molar-refractivity contribution in [2.45, 2.75) is 38.3 Å². The van der Waals surface area contributed by atoms with Crippen molar-refractivity contribution in [2.75, 3.05) is 39.2 Å². The molecule has 1 aliphatic heterocycles. The number of rotatable bonds is 8. The first-order valence-corrected chi connectivity index (χ1v) is 13.8. The number of piperidine rings is 1. The van der Waals surface area contributed by atoms with Crippen molar-refractivity contribution in [2.24, 2.45) is 0 Å². The van der Waals surface area contributed by atoms with Crippen LogP contribution in [0.25, 0.3) is 16.9 Å². The average molecular weight is 537 g/mol. The summed E-state index contributed by atoms with van der Waals surface area (Å²) in [7, 11) is 5.23. The Kier molecular flexibility index (Phi) is 7.73. The van der Waals surface area contributed by atoms with Crippen LogP contribution in [0.5, 0.6) is 0 Å². The molecular formula is C28H33FN6O2S. The van der Waals surface area contributed by atoms with E-state index in [-0.39, 0.29) is 11.7 Å². The smallest absolute Gasteiger partial charge is 0.264 e. The molecule has 5 rings (SSSR count). The highest BCUT2D eigenvalue weighted by molar-refractivity contribution is 7.14. The number of halogens is 1. The summed E-state index contributed by atoms with van der Waals surface area (Å²) < 4.78 is 21.0. The van der Waals surface area contributed by atoms with Crippen LogP contribution in [-0.4, -0.2) is 65.7 Å². The molecule has 8 nitrogen and oxygen atoms in total. The van der Waals surface area contributed by atoms with Crippen LogP contribution in [-0.2, 0) is 16.0 Å². The maximum Gasteiger partial charge on any atom is 0.264 e. The predicted octanol–water partition coefficient (Wildman–Crippen LogP) is 4.83. The van der Waals surface area contributed by atoms with Crippen molar-refractivity contribution < 1.29 is 13.9 Å². The van der Waals surface area contributed by atoms with Gasteiger partial charge in [-0.3, -0.25) is 14.1 Å². The third-order valence-electron chi connectivity index (χ3n) is 7.28. The van der Waals surface area contributed by atoms with E-state index in [2.05, 4.69) is 44.8 Å². The van der Waals surface area contributed by atoms with Gasteiger partial charge in [0.05, 0.1) is 11.4 Å². The third kappa shape index (κ3) is 5.03. The second-order valence-electron chi connectivity index (χ2n) is 9.52. The summed E-state index contributed by atoms with van der Waals surface area (Å²) in [6.45, 7) is 3.69. The molecule has 0 bridgehead atoms. The van der Waals surface area contributed by atoms with Crippen LogP contribution in [0.2, 0.25) is 0 Å². The monoisotopic (exact) mass is 536 g/mol. The van der Waals surface area contributed by atoms with Crippen LogP contribution in [0.15, 0.2) is 48.0 Å². The molecule has 1 atom stereocenters. The van der Waals surface area contributed by atoms with Crippen molar-refractivity contribution in [3.63, 3.8) is 0 Å². The maximum atomic E-state index is 13.4. The van der Waals surface area contributed by atoms with E-state index in [1.54, 1.807) is 37.6 Å². The van der Waals surface area contributed by atoms with Gasteiger partial charge in [0, 0.05) is 51.4 Å². The number of hydrogen-bond donors (Lipinski definition) is 1. The van der Waals surface area contributed by atoms with Crippen molar-refractivity contribution in [3.05, 3.63) is 65.0 Å². The molecule has 4 heterocycles. The molecule has 38 heavy (non-hydrogen) atoms. The quantitative estimate of drug-likeness (QED) is 0.348. The fourth-order valence-electron chi connectivity index (χ4n) is 5.21. The average Bonchev–Trinajstić information content (AvgIpc) is 3.59. The van der Waals surface area contributed by atoms with E-state index < -0.39 is 6.23 Å². The molecule has 1 saturated heterocycles. The number of anilines is 2. The van der Waals surface area contributed by atoms with Crippen molar-refractivity contribution >= 4 is 33.8 Å². The lowest BCUT2D eigenvalue weighted by Gasteiger charge is -2.35. The number of nitrogens with zero attached hydrogens (tertiary/aromatic N) is 5. The molecule has 4 aromatic rings. The fraction of sp³-hybridized carbons (Fsp3) is 0.393. The molecule has 0 saturated carbocycles. The zero-order valence-electron chi connectivity index (χ0n) is 22.1. The lowest BCUT2D eigenvalue weighted by molar-refractivity contribution is -0.143. The number of hydrogen-bond acceptors (Lipinski definition) is 7. The minimum Gasteiger partial charge on any atom is -0.357 e. The molecule has 1 aliphatic rings. The SMILES string of the molecule is CCc1nc2ccc(C3CCN(C(OC)C(=O)NC)CC3)cn2c1N(C)c1nc(-c2ccc(F)cc2)cs1. The topological polar surface area (TPSA) is 75.0 Å². The second kappa shape index (κ2) is 11.2. The molecule has 10 heteroatoms. The highest BCUT2D eigenvalue weighted by atomic mass is 32.1. The minimum atomic E-state index is -0.553. The Hall–Kier alpha value is -3.34. The van der Waals surface area contributed by atoms with Crippen molar-refractivity contribution in [1.82, 2.24) is 24.6 Å². The third-order valence-corrected chi connectivity index (χ3v) is 8.20. The lowest BCUT2D eigenvalue weighted by Crippen LogP contribution is -2.49. The van der Waals surface area contributed by atoms with E-state index in [4.69, 9.17) is 14.7 Å². The normalized spacial score (nSPS) is 15.6. The zero-order valence-corrected chi connectivity index (χ0v) is 23.0. The van der Waals surface area contributed by atoms with Crippen LogP contribution in [0.1, 0.15) is 36.9 Å². The Bertz CT molecular complexity index is 1410. The molecule has 1 amide bonds. The van der Waals surface area contributed by atoms with Crippen LogP contribution in [0.4, 0.5) is 15.3 Å². The minimum absolute atomic E-state index is 0.115. The molecular weight excluding hydrogens is 503 g/mol. The number of carbonyl (C=O) groups is 1. The summed E-state index contributed by atoms with van der Waals surface area (Å²) >= 11 is 1.55. The first-order chi connectivity index (χ1) is 18.4. The summed E-state index contributed by atoms with van der Waals surface area (Å²) in [6, 6.07) is 10.7. The fourth-order valence-corrected chi connectivity index (χ4v) is 6.01. The van der Waals surface area contributed by atoms with E-state index in [1.807, 2.05) is 12.4 Å². The second-order valence-corrected chi connectivity index (χ2v) is 10.4. The summed E-state index contributed by atoms with van der Waals surface area (Å²) in [5.74, 6) is 1.01. The first-order valence-electron chi connectivity index (χ1n) is 12.9. The number of benzene rings is 1. The van der Waals surface area contributed by atoms with Gasteiger partial charge in [-0.1, -0.05) is 13.0 Å². The number of pyridine rings is 1. The molecule has 1 N–H and O–H groups in total. The zero-order chi connectivity index (χ0) is 26.8. The number of likely N-dealkylation sites (tertiary alicyclic amines) is 1. The number of ether oxygens (including phenoxy) is 1. The Labute approximate surface area is 226 Å². The van der Waals surface area contributed by atoms with Gasteiger partial charge < -0.3 is 15.0 Å². The number of methoxy groups -OCH3 is 1. The Morgan fingerprint density at radius 1 is 1.21 bits per heavy atom. The van der Waals surface area contributed by atoms with E-state index in [9.17, 15) is 9.18 Å². The number of amides is 1. The number of aromatic nitrogens is 3. The van der Waals surface area contributed by atoms with Crippen LogP contribution >= 0.6 is 11.3 Å². The number of nitrogens with one attached hydrogen (secondary N) is 1. The largest absolute Gasteiger partial charge is 0.357 e. The van der Waals surface area contributed by atoms with Crippen LogP contribution < -0.4 is 10.2 Å². The van der Waals surface area contributed by atoms with E-state index in [1.165, 1.54) is 17.7 Å². The summed E-state index contributed by atoms with van der Waals surface area (Å²) in [6.07, 6.45) is 4.33. The van der Waals surface area contributed by atoms with Crippen molar-refractivity contribution in [3.8, 4) is 11.3 Å². The van der Waals surface area contributed by atoms with Gasteiger partial charge in [0.2, 0.25) is 0 Å². The Balaban J connectivity index is 1.40. The van der Waals surface area contributed by atoms with Gasteiger partial charge in [0.25, 0.3) is 5.91 Å². The molecule has 3 aromatic heterocycles. The standard InChI is InChI=1S/C28H33FN6O2S/c1-5-22-26(33(3)28-32-23(17-38-28)19-6-9-21(29)10-7-19)35-16-20(8-11-24(35)31-22)18-12-14-34(15-13-18)27(37-4)25(36)30-2/h6-11,16-18,27H,5,12-15H2,1-4H3,(H,30,36). The van der Waals surface area contributed by atoms with Crippen LogP contribution in [0, 0.1) is 5.82 Å². The molecule has 0 radical (unpaired) electrons.